The molecule has 0 bridgehead atoms. The highest BCUT2D eigenvalue weighted by molar-refractivity contribution is 5.93. The number of nitrogens with zero attached hydrogens (tertiary/aromatic N) is 4. The number of likely N-dealkylation sites (N-methyl/N-ethyl adjacent to an activating group) is 1. The lowest BCUT2D eigenvalue weighted by atomic mass is 9.98. The molecule has 0 spiro atoms. The van der Waals surface area contributed by atoms with Crippen LogP contribution in [0.5, 0.6) is 5.75 Å². The SMILES string of the molecule is CCN1CCN(CC(=O)Nc2cccc(-c3cc(-c4ccccc4O)nc(N)c3C#N)c2)CC1. The summed E-state index contributed by atoms with van der Waals surface area (Å²) in [5.74, 6) is 0.0801. The van der Waals surface area contributed by atoms with Gasteiger partial charge in [0.05, 0.1) is 12.2 Å². The monoisotopic (exact) mass is 456 g/mol. The van der Waals surface area contributed by atoms with Crippen LogP contribution in [0, 0.1) is 11.3 Å². The Labute approximate surface area is 199 Å². The zero-order valence-corrected chi connectivity index (χ0v) is 19.2. The van der Waals surface area contributed by atoms with E-state index in [9.17, 15) is 15.2 Å². The summed E-state index contributed by atoms with van der Waals surface area (Å²) in [6.07, 6.45) is 0. The number of nitrogens with one attached hydrogen (secondary N) is 1. The Morgan fingerprint density at radius 1 is 1.09 bits per heavy atom. The number of anilines is 2. The van der Waals surface area contributed by atoms with E-state index in [1.807, 2.05) is 24.3 Å². The van der Waals surface area contributed by atoms with E-state index in [-0.39, 0.29) is 23.0 Å². The number of nitrogens with two attached hydrogens (primary N) is 1. The first kappa shape index (κ1) is 23.2. The number of phenols is 1. The van der Waals surface area contributed by atoms with Crippen LogP contribution in [0.25, 0.3) is 22.4 Å². The van der Waals surface area contributed by atoms with Gasteiger partial charge in [-0.05, 0) is 42.4 Å². The predicted molar refractivity (Wildman–Crippen MR) is 133 cm³/mol. The molecule has 1 aliphatic rings. The summed E-state index contributed by atoms with van der Waals surface area (Å²) < 4.78 is 0. The Kier molecular flexibility index (Phi) is 7.07. The van der Waals surface area contributed by atoms with Crippen molar-refractivity contribution in [2.24, 2.45) is 0 Å². The summed E-state index contributed by atoms with van der Waals surface area (Å²) in [7, 11) is 0. The highest BCUT2D eigenvalue weighted by Gasteiger charge is 2.19. The van der Waals surface area contributed by atoms with E-state index in [1.165, 1.54) is 0 Å². The molecule has 1 amide bonds. The number of piperazine rings is 1. The quantitative estimate of drug-likeness (QED) is 0.521. The molecule has 0 atom stereocenters. The average molecular weight is 457 g/mol. The van der Waals surface area contributed by atoms with Crippen LogP contribution in [0.15, 0.2) is 54.6 Å². The molecule has 0 radical (unpaired) electrons. The first-order chi connectivity index (χ1) is 16.5. The Bertz CT molecular complexity index is 1230. The molecule has 1 aromatic heterocycles. The number of nitriles is 1. The number of pyridine rings is 1. The van der Waals surface area contributed by atoms with Crippen LogP contribution >= 0.6 is 0 Å². The van der Waals surface area contributed by atoms with Crippen molar-refractivity contribution in [2.45, 2.75) is 6.92 Å². The van der Waals surface area contributed by atoms with Crippen LogP contribution in [-0.2, 0) is 4.79 Å². The Hall–Kier alpha value is -3.93. The van der Waals surface area contributed by atoms with Crippen molar-refractivity contribution in [3.8, 4) is 34.2 Å². The number of para-hydroxylation sites is 1. The van der Waals surface area contributed by atoms with E-state index < -0.39 is 0 Å². The maximum absolute atomic E-state index is 12.7. The number of nitrogen functional groups attached to an aromatic ring is 1. The van der Waals surface area contributed by atoms with Gasteiger partial charge in [0.1, 0.15) is 23.2 Å². The molecule has 174 valence electrons. The highest BCUT2D eigenvalue weighted by Crippen LogP contribution is 2.35. The molecule has 0 aliphatic carbocycles. The van der Waals surface area contributed by atoms with Crippen molar-refractivity contribution in [1.29, 1.82) is 5.26 Å². The van der Waals surface area contributed by atoms with Crippen LogP contribution in [0.2, 0.25) is 0 Å². The van der Waals surface area contributed by atoms with Gasteiger partial charge in [-0.2, -0.15) is 5.26 Å². The molecule has 8 heteroatoms. The number of rotatable bonds is 6. The fraction of sp³-hybridized carbons (Fsp3) is 0.269. The molecule has 1 saturated heterocycles. The third kappa shape index (κ3) is 5.17. The third-order valence-corrected chi connectivity index (χ3v) is 6.08. The van der Waals surface area contributed by atoms with Gasteiger partial charge in [0.25, 0.3) is 0 Å². The number of hydrogen-bond acceptors (Lipinski definition) is 7. The van der Waals surface area contributed by atoms with Crippen molar-refractivity contribution in [3.05, 3.63) is 60.2 Å². The maximum Gasteiger partial charge on any atom is 0.238 e. The highest BCUT2D eigenvalue weighted by atomic mass is 16.3. The smallest absolute Gasteiger partial charge is 0.238 e. The van der Waals surface area contributed by atoms with Gasteiger partial charge in [-0.25, -0.2) is 4.98 Å². The number of hydrogen-bond donors (Lipinski definition) is 3. The van der Waals surface area contributed by atoms with Gasteiger partial charge in [0.15, 0.2) is 0 Å². The normalized spacial score (nSPS) is 14.5. The topological polar surface area (TPSA) is 119 Å². The predicted octanol–water partition coefficient (Wildman–Crippen LogP) is 3.15. The van der Waals surface area contributed by atoms with E-state index >= 15 is 0 Å². The lowest BCUT2D eigenvalue weighted by Crippen LogP contribution is -2.48. The largest absolute Gasteiger partial charge is 0.507 e. The van der Waals surface area contributed by atoms with Crippen LogP contribution < -0.4 is 11.1 Å². The second kappa shape index (κ2) is 10.3. The van der Waals surface area contributed by atoms with E-state index in [4.69, 9.17) is 5.73 Å². The fourth-order valence-electron chi connectivity index (χ4n) is 4.17. The van der Waals surface area contributed by atoms with Gasteiger partial charge in [0.2, 0.25) is 5.91 Å². The molecule has 4 rings (SSSR count). The van der Waals surface area contributed by atoms with Gasteiger partial charge < -0.3 is 21.1 Å². The third-order valence-electron chi connectivity index (χ3n) is 6.08. The summed E-state index contributed by atoms with van der Waals surface area (Å²) in [4.78, 5) is 21.5. The summed E-state index contributed by atoms with van der Waals surface area (Å²) in [5.41, 5.74) is 9.28. The van der Waals surface area contributed by atoms with E-state index in [0.29, 0.717) is 29.1 Å². The lowest BCUT2D eigenvalue weighted by molar-refractivity contribution is -0.117. The van der Waals surface area contributed by atoms with Gasteiger partial charge in [-0.3, -0.25) is 9.69 Å². The van der Waals surface area contributed by atoms with E-state index in [1.54, 1.807) is 30.3 Å². The minimum absolute atomic E-state index is 0.0749. The Morgan fingerprint density at radius 3 is 2.53 bits per heavy atom. The molecule has 34 heavy (non-hydrogen) atoms. The van der Waals surface area contributed by atoms with Crippen molar-refractivity contribution >= 4 is 17.4 Å². The summed E-state index contributed by atoms with van der Waals surface area (Å²) in [6.45, 7) is 7.21. The molecular weight excluding hydrogens is 428 g/mol. The van der Waals surface area contributed by atoms with Gasteiger partial charge in [-0.15, -0.1) is 0 Å². The van der Waals surface area contributed by atoms with Crippen molar-refractivity contribution in [3.63, 3.8) is 0 Å². The molecule has 4 N–H and O–H groups in total. The van der Waals surface area contributed by atoms with Crippen LogP contribution in [0.1, 0.15) is 12.5 Å². The number of benzene rings is 2. The van der Waals surface area contributed by atoms with Crippen LogP contribution in [0.4, 0.5) is 11.5 Å². The van der Waals surface area contributed by atoms with E-state index in [2.05, 4.69) is 33.1 Å². The Balaban J connectivity index is 1.57. The maximum atomic E-state index is 12.7. The average Bonchev–Trinajstić information content (AvgIpc) is 2.84. The second-order valence-corrected chi connectivity index (χ2v) is 8.28. The summed E-state index contributed by atoms with van der Waals surface area (Å²) in [5, 5.41) is 22.9. The van der Waals surface area contributed by atoms with Crippen molar-refractivity contribution in [1.82, 2.24) is 14.8 Å². The van der Waals surface area contributed by atoms with Gasteiger partial charge in [-0.1, -0.05) is 31.2 Å². The molecule has 0 unspecified atom stereocenters. The van der Waals surface area contributed by atoms with Crippen LogP contribution in [0.3, 0.4) is 0 Å². The van der Waals surface area contributed by atoms with Crippen molar-refractivity contribution in [2.75, 3.05) is 50.3 Å². The minimum Gasteiger partial charge on any atom is -0.507 e. The Morgan fingerprint density at radius 2 is 1.82 bits per heavy atom. The number of phenolic OH excluding ortho intramolecular Hbond substituents is 1. The fourth-order valence-corrected chi connectivity index (χ4v) is 4.17. The zero-order valence-electron chi connectivity index (χ0n) is 19.2. The number of aromatic nitrogens is 1. The molecule has 2 aromatic carbocycles. The number of aromatic hydroxyl groups is 1. The number of carbonyl (C=O) groups is 1. The molecule has 2 heterocycles. The second-order valence-electron chi connectivity index (χ2n) is 8.28. The summed E-state index contributed by atoms with van der Waals surface area (Å²) in [6, 6.07) is 18.0. The first-order valence-corrected chi connectivity index (χ1v) is 11.3. The minimum atomic E-state index is -0.0771. The van der Waals surface area contributed by atoms with Crippen LogP contribution in [-0.4, -0.2) is 65.1 Å². The molecule has 8 nitrogen and oxygen atoms in total. The molecule has 3 aromatic rings. The standard InChI is InChI=1S/C26H28N6O2/c1-2-31-10-12-32(13-11-31)17-25(34)29-19-7-5-6-18(14-19)21-15-23(30-26(28)22(21)16-27)20-8-3-4-9-24(20)33/h3-9,14-15,33H,2,10-13,17H2,1H3,(H2,28,30)(H,29,34). The molecular formula is C26H28N6O2. The zero-order chi connectivity index (χ0) is 24.1. The van der Waals surface area contributed by atoms with Crippen molar-refractivity contribution < 1.29 is 9.90 Å². The lowest BCUT2D eigenvalue weighted by Gasteiger charge is -2.33. The number of amides is 1. The molecule has 1 aliphatic heterocycles. The van der Waals surface area contributed by atoms with E-state index in [0.717, 1.165) is 38.3 Å². The molecule has 0 saturated carbocycles. The summed E-state index contributed by atoms with van der Waals surface area (Å²) >= 11 is 0. The first-order valence-electron chi connectivity index (χ1n) is 11.3. The number of carbonyl (C=O) groups excluding carboxylic acids is 1. The van der Waals surface area contributed by atoms with Gasteiger partial charge >= 0.3 is 0 Å². The molecule has 1 fully saturated rings. The van der Waals surface area contributed by atoms with Gasteiger partial charge in [0, 0.05) is 43.0 Å².